The summed E-state index contributed by atoms with van der Waals surface area (Å²) >= 11 is 0. The molecule has 0 bridgehead atoms. The molecule has 158 valence electrons. The van der Waals surface area contributed by atoms with E-state index in [9.17, 15) is 8.42 Å². The van der Waals surface area contributed by atoms with Crippen molar-refractivity contribution in [3.8, 4) is 17.1 Å². The Bertz CT molecular complexity index is 1080. The van der Waals surface area contributed by atoms with E-state index in [1.165, 1.54) is 4.31 Å². The first-order valence-electron chi connectivity index (χ1n) is 9.70. The Balaban J connectivity index is 1.40. The summed E-state index contributed by atoms with van der Waals surface area (Å²) in [7, 11) is -3.51. The van der Waals surface area contributed by atoms with Crippen molar-refractivity contribution in [2.45, 2.75) is 13.0 Å². The van der Waals surface area contributed by atoms with Gasteiger partial charge in [0.2, 0.25) is 15.8 Å². The molecule has 9 heteroatoms. The van der Waals surface area contributed by atoms with Crippen molar-refractivity contribution in [2.75, 3.05) is 32.1 Å². The van der Waals surface area contributed by atoms with Crippen LogP contribution in [0.25, 0.3) is 11.4 Å². The second-order valence-corrected chi connectivity index (χ2v) is 9.05. The second-order valence-electron chi connectivity index (χ2n) is 6.97. The molecule has 0 aliphatic carbocycles. The first kappa shape index (κ1) is 20.5. The zero-order chi connectivity index (χ0) is 21.0. The lowest BCUT2D eigenvalue weighted by Crippen LogP contribution is -2.44. The fourth-order valence-electron chi connectivity index (χ4n) is 3.24. The molecule has 30 heavy (non-hydrogen) atoms. The Labute approximate surface area is 175 Å². The Morgan fingerprint density at radius 3 is 2.70 bits per heavy atom. The molecule has 0 unspecified atom stereocenters. The molecular weight excluding hydrogens is 406 g/mol. The molecule has 3 aromatic rings. The average Bonchev–Trinajstić information content (AvgIpc) is 3.25. The molecule has 2 heterocycles. The van der Waals surface area contributed by atoms with Crippen LogP contribution in [0.1, 0.15) is 17.6 Å². The SMILES string of the molecule is Cc1ccccc1-c1noc([C@H]2CN(S(=O)(=O)CCOc3ccccc3)CCO2)n1. The van der Waals surface area contributed by atoms with E-state index in [0.717, 1.165) is 11.1 Å². The van der Waals surface area contributed by atoms with Crippen molar-refractivity contribution in [1.29, 1.82) is 0 Å². The van der Waals surface area contributed by atoms with Gasteiger partial charge >= 0.3 is 0 Å². The zero-order valence-electron chi connectivity index (χ0n) is 16.6. The number of rotatable bonds is 7. The van der Waals surface area contributed by atoms with Gasteiger partial charge in [-0.1, -0.05) is 47.6 Å². The van der Waals surface area contributed by atoms with Crippen molar-refractivity contribution >= 4 is 10.0 Å². The van der Waals surface area contributed by atoms with Crippen LogP contribution in [0.5, 0.6) is 5.75 Å². The largest absolute Gasteiger partial charge is 0.492 e. The fourth-order valence-corrected chi connectivity index (χ4v) is 4.50. The fraction of sp³-hybridized carbons (Fsp3) is 0.333. The van der Waals surface area contributed by atoms with Gasteiger partial charge in [0, 0.05) is 18.7 Å². The van der Waals surface area contributed by atoms with Crippen molar-refractivity contribution in [3.63, 3.8) is 0 Å². The van der Waals surface area contributed by atoms with Gasteiger partial charge in [-0.2, -0.15) is 9.29 Å². The van der Waals surface area contributed by atoms with Gasteiger partial charge in [-0.05, 0) is 24.6 Å². The van der Waals surface area contributed by atoms with Crippen LogP contribution in [0.3, 0.4) is 0 Å². The van der Waals surface area contributed by atoms with Gasteiger partial charge in [0.15, 0.2) is 6.10 Å². The van der Waals surface area contributed by atoms with E-state index >= 15 is 0 Å². The number of sulfonamides is 1. The minimum Gasteiger partial charge on any atom is -0.492 e. The molecule has 1 aliphatic rings. The summed E-state index contributed by atoms with van der Waals surface area (Å²) in [4.78, 5) is 4.43. The molecule has 1 aliphatic heterocycles. The Hall–Kier alpha value is -2.75. The molecule has 1 atom stereocenters. The zero-order valence-corrected chi connectivity index (χ0v) is 17.4. The second kappa shape index (κ2) is 8.95. The maximum atomic E-state index is 12.7. The number of benzene rings is 2. The van der Waals surface area contributed by atoms with Crippen molar-refractivity contribution in [3.05, 3.63) is 66.1 Å². The number of nitrogens with zero attached hydrogens (tertiary/aromatic N) is 3. The molecule has 0 spiro atoms. The third kappa shape index (κ3) is 4.69. The number of aromatic nitrogens is 2. The van der Waals surface area contributed by atoms with E-state index in [1.54, 1.807) is 12.1 Å². The highest BCUT2D eigenvalue weighted by atomic mass is 32.2. The average molecular weight is 429 g/mol. The van der Waals surface area contributed by atoms with Gasteiger partial charge in [0.1, 0.15) is 12.4 Å². The minimum atomic E-state index is -3.51. The Kier molecular flexibility index (Phi) is 6.12. The Morgan fingerprint density at radius 2 is 1.90 bits per heavy atom. The number of morpholine rings is 1. The predicted molar refractivity (Wildman–Crippen MR) is 110 cm³/mol. The van der Waals surface area contributed by atoms with E-state index in [4.69, 9.17) is 14.0 Å². The first-order valence-corrected chi connectivity index (χ1v) is 11.3. The van der Waals surface area contributed by atoms with Gasteiger partial charge in [-0.3, -0.25) is 0 Å². The van der Waals surface area contributed by atoms with Crippen molar-refractivity contribution in [1.82, 2.24) is 14.4 Å². The summed E-state index contributed by atoms with van der Waals surface area (Å²) in [5, 5.41) is 4.04. The van der Waals surface area contributed by atoms with E-state index in [0.29, 0.717) is 11.6 Å². The molecule has 0 saturated carbocycles. The highest BCUT2D eigenvalue weighted by Gasteiger charge is 2.33. The highest BCUT2D eigenvalue weighted by Crippen LogP contribution is 2.26. The van der Waals surface area contributed by atoms with Crippen LogP contribution in [0.15, 0.2) is 59.1 Å². The van der Waals surface area contributed by atoms with E-state index in [1.807, 2.05) is 49.4 Å². The summed E-state index contributed by atoms with van der Waals surface area (Å²) in [6, 6.07) is 16.9. The molecule has 1 saturated heterocycles. The number of para-hydroxylation sites is 1. The minimum absolute atomic E-state index is 0.0758. The molecule has 4 rings (SSSR count). The lowest BCUT2D eigenvalue weighted by molar-refractivity contribution is -0.0200. The van der Waals surface area contributed by atoms with Gasteiger partial charge < -0.3 is 14.0 Å². The van der Waals surface area contributed by atoms with Crippen LogP contribution in [0, 0.1) is 6.92 Å². The topological polar surface area (TPSA) is 94.8 Å². The number of aryl methyl sites for hydroxylation is 1. The molecule has 0 N–H and O–H groups in total. The van der Waals surface area contributed by atoms with Crippen LogP contribution in [0.2, 0.25) is 0 Å². The smallest absolute Gasteiger partial charge is 0.257 e. The standard InChI is InChI=1S/C21H23N3O5S/c1-16-7-5-6-10-18(16)20-22-21(29-23-20)19-15-24(11-12-28-19)30(25,26)14-13-27-17-8-3-2-4-9-17/h2-10,19H,11-15H2,1H3/t19-/m1/s1. The number of ether oxygens (including phenoxy) is 2. The summed E-state index contributed by atoms with van der Waals surface area (Å²) in [6.45, 7) is 2.71. The summed E-state index contributed by atoms with van der Waals surface area (Å²) in [5.74, 6) is 1.26. The summed E-state index contributed by atoms with van der Waals surface area (Å²) < 4.78 is 43.5. The van der Waals surface area contributed by atoms with Gasteiger partial charge in [-0.25, -0.2) is 8.42 Å². The van der Waals surface area contributed by atoms with Crippen LogP contribution in [-0.4, -0.2) is 54.9 Å². The third-order valence-corrected chi connectivity index (χ3v) is 6.68. The number of hydrogen-bond donors (Lipinski definition) is 0. The van der Waals surface area contributed by atoms with Crippen molar-refractivity contribution in [2.24, 2.45) is 0 Å². The van der Waals surface area contributed by atoms with Crippen LogP contribution >= 0.6 is 0 Å². The van der Waals surface area contributed by atoms with Crippen molar-refractivity contribution < 1.29 is 22.4 Å². The van der Waals surface area contributed by atoms with E-state index in [2.05, 4.69) is 10.1 Å². The van der Waals surface area contributed by atoms with Crippen LogP contribution in [0.4, 0.5) is 0 Å². The third-order valence-electron chi connectivity index (χ3n) is 4.88. The van der Waals surface area contributed by atoms with E-state index < -0.39 is 16.1 Å². The first-order chi connectivity index (χ1) is 14.5. The Morgan fingerprint density at radius 1 is 1.13 bits per heavy atom. The van der Waals surface area contributed by atoms with Gasteiger partial charge in [0.05, 0.1) is 12.4 Å². The normalized spacial score (nSPS) is 17.7. The lowest BCUT2D eigenvalue weighted by Gasteiger charge is -2.30. The lowest BCUT2D eigenvalue weighted by atomic mass is 10.1. The van der Waals surface area contributed by atoms with Crippen LogP contribution < -0.4 is 4.74 Å². The summed E-state index contributed by atoms with van der Waals surface area (Å²) in [6.07, 6.45) is -0.603. The predicted octanol–water partition coefficient (Wildman–Crippen LogP) is 2.83. The monoisotopic (exact) mass is 429 g/mol. The van der Waals surface area contributed by atoms with Gasteiger partial charge in [-0.15, -0.1) is 0 Å². The maximum absolute atomic E-state index is 12.7. The molecule has 1 aromatic heterocycles. The van der Waals surface area contributed by atoms with E-state index in [-0.39, 0.29) is 37.9 Å². The number of hydrogen-bond acceptors (Lipinski definition) is 7. The molecule has 0 amide bonds. The summed E-state index contributed by atoms with van der Waals surface area (Å²) in [5.41, 5.74) is 1.89. The molecule has 8 nitrogen and oxygen atoms in total. The molecule has 1 fully saturated rings. The molecular formula is C21H23N3O5S. The maximum Gasteiger partial charge on any atom is 0.257 e. The van der Waals surface area contributed by atoms with Crippen LogP contribution in [-0.2, 0) is 14.8 Å². The molecule has 2 aromatic carbocycles. The highest BCUT2D eigenvalue weighted by molar-refractivity contribution is 7.89. The molecule has 0 radical (unpaired) electrons. The van der Waals surface area contributed by atoms with Gasteiger partial charge in [0.25, 0.3) is 5.89 Å². The quantitative estimate of drug-likeness (QED) is 0.570.